The number of rotatable bonds is 14. The first-order valence-corrected chi connectivity index (χ1v) is 23.8. The molecule has 4 aromatic carbocycles. The number of fused-ring (bicyclic) bond motifs is 2. The number of carbonyl (C=O) groups is 2. The lowest BCUT2D eigenvalue weighted by atomic mass is 10.1. The van der Waals surface area contributed by atoms with Gasteiger partial charge in [0.05, 0.1) is 29.9 Å². The molecule has 12 nitrogen and oxygen atoms in total. The molecule has 6 heterocycles. The van der Waals surface area contributed by atoms with Gasteiger partial charge in [0, 0.05) is 62.2 Å². The molecule has 0 fully saturated rings. The molecule has 10 rings (SSSR count). The van der Waals surface area contributed by atoms with Crippen molar-refractivity contribution >= 4 is 23.2 Å². The van der Waals surface area contributed by atoms with Gasteiger partial charge in [-0.05, 0) is 48.7 Å². The van der Waals surface area contributed by atoms with Crippen LogP contribution in [0.3, 0.4) is 0 Å². The predicted octanol–water partition coefficient (Wildman–Crippen LogP) is 12.5. The van der Waals surface area contributed by atoms with Crippen LogP contribution in [0.1, 0.15) is 102 Å². The maximum absolute atomic E-state index is 16.0. The van der Waals surface area contributed by atoms with Crippen LogP contribution in [0.25, 0.3) is 33.8 Å². The second-order valence-electron chi connectivity index (χ2n) is 17.4. The summed E-state index contributed by atoms with van der Waals surface area (Å²) >= 11 is 0. The lowest BCUT2D eigenvalue weighted by Crippen LogP contribution is -2.08. The molecule has 364 valence electrons. The van der Waals surface area contributed by atoms with E-state index in [1.165, 1.54) is 36.4 Å². The Labute approximate surface area is 415 Å². The molecule has 10 aromatic rings. The number of ether oxygens (including phenoxy) is 2. The van der Waals surface area contributed by atoms with Gasteiger partial charge in [0.25, 0.3) is 0 Å². The van der Waals surface area contributed by atoms with Gasteiger partial charge in [0.1, 0.15) is 45.9 Å². The van der Waals surface area contributed by atoms with Crippen molar-refractivity contribution in [1.29, 1.82) is 0 Å². The summed E-state index contributed by atoms with van der Waals surface area (Å²) in [5.74, 6) is 2.11. The van der Waals surface area contributed by atoms with Crippen LogP contribution in [-0.4, -0.2) is 40.7 Å². The number of furan rings is 2. The van der Waals surface area contributed by atoms with Crippen LogP contribution in [-0.2, 0) is 41.7 Å². The molecule has 6 aromatic heterocycles. The van der Waals surface area contributed by atoms with E-state index in [0.29, 0.717) is 52.8 Å². The average Bonchev–Trinajstić information content (AvgIpc) is 4.13. The first-order chi connectivity index (χ1) is 34.9. The van der Waals surface area contributed by atoms with Crippen LogP contribution >= 0.6 is 0 Å². The summed E-state index contributed by atoms with van der Waals surface area (Å²) in [6, 6.07) is 38.9. The van der Waals surface area contributed by atoms with E-state index in [-0.39, 0.29) is 29.2 Å². The molecule has 0 aliphatic heterocycles. The van der Waals surface area contributed by atoms with Gasteiger partial charge in [-0.1, -0.05) is 123 Å². The van der Waals surface area contributed by atoms with E-state index in [1.807, 2.05) is 122 Å². The van der Waals surface area contributed by atoms with E-state index < -0.39 is 23.9 Å². The fourth-order valence-electron chi connectivity index (χ4n) is 8.74. The maximum Gasteiger partial charge on any atom is 0.309 e. The Kier molecular flexibility index (Phi) is 14.3. The van der Waals surface area contributed by atoms with E-state index in [4.69, 9.17) is 28.3 Å². The van der Waals surface area contributed by atoms with Crippen LogP contribution in [0.4, 0.5) is 8.78 Å². The Morgan fingerprint density at radius 2 is 1.04 bits per heavy atom. The Hall–Kier alpha value is -8.52. The highest BCUT2D eigenvalue weighted by atomic mass is 19.1. The van der Waals surface area contributed by atoms with Gasteiger partial charge in [-0.3, -0.25) is 18.4 Å². The highest BCUT2D eigenvalue weighted by Gasteiger charge is 2.28. The van der Waals surface area contributed by atoms with Gasteiger partial charge in [0.15, 0.2) is 17.5 Å². The van der Waals surface area contributed by atoms with E-state index in [0.717, 1.165) is 63.8 Å². The average molecular weight is 967 g/mol. The van der Waals surface area contributed by atoms with E-state index in [9.17, 15) is 14.0 Å². The normalized spacial score (nSPS) is 11.7. The third kappa shape index (κ3) is 10.5. The second-order valence-corrected chi connectivity index (χ2v) is 17.4. The Bertz CT molecular complexity index is 3550. The largest absolute Gasteiger partial charge is 0.465 e. The zero-order valence-electron chi connectivity index (χ0n) is 40.8. The van der Waals surface area contributed by atoms with E-state index in [2.05, 4.69) is 29.0 Å². The molecular formula is C58H52F2N6O6. The first kappa shape index (κ1) is 48.5. The number of imidazole rings is 2. The van der Waals surface area contributed by atoms with Crippen molar-refractivity contribution in [2.24, 2.45) is 0 Å². The molecule has 72 heavy (non-hydrogen) atoms. The number of alkyl halides is 1. The summed E-state index contributed by atoms with van der Waals surface area (Å²) in [7, 11) is 0. The van der Waals surface area contributed by atoms with Crippen molar-refractivity contribution in [3.63, 3.8) is 0 Å². The van der Waals surface area contributed by atoms with Crippen molar-refractivity contribution in [2.45, 2.75) is 79.8 Å². The number of benzene rings is 4. The molecule has 0 bridgehead atoms. The maximum atomic E-state index is 16.0. The van der Waals surface area contributed by atoms with Crippen molar-refractivity contribution in [3.8, 4) is 34.3 Å². The van der Waals surface area contributed by atoms with Crippen molar-refractivity contribution < 1.29 is 36.7 Å². The molecular weight excluding hydrogens is 915 g/mol. The summed E-state index contributed by atoms with van der Waals surface area (Å²) in [6.07, 6.45) is 4.39. The molecule has 0 aliphatic carbocycles. The minimum Gasteiger partial charge on any atom is -0.465 e. The third-order valence-corrected chi connectivity index (χ3v) is 12.1. The molecule has 14 heteroatoms. The summed E-state index contributed by atoms with van der Waals surface area (Å²) < 4.78 is 57.2. The standard InChI is InChI=1S/C29H25F2N3O3.C29H27N3O3/c1-4-25-17(2)14-20(37-25)15-23-29(36-18(3)35)34-16-24(19-10-6-5-7-11-19)32-27(28(34)33-23)26(31)21-12-8-9-13-22(21)30;1-4-27-19(2)15-23(35-27)17-25-29(34-20(3)33)32-18-26(22-13-9-6-10-14-22)30-24(28(32)31-25)16-21-11-7-5-8-12-21/h5-14,16,26H,4,15H2,1-3H3;5-15,18H,4,16-17H2,1-3H3. The van der Waals surface area contributed by atoms with Gasteiger partial charge in [-0.15, -0.1) is 0 Å². The number of aromatic nitrogens is 6. The van der Waals surface area contributed by atoms with Crippen molar-refractivity contribution in [2.75, 3.05) is 0 Å². The molecule has 1 unspecified atom stereocenters. The molecule has 0 radical (unpaired) electrons. The molecule has 0 spiro atoms. The van der Waals surface area contributed by atoms with Gasteiger partial charge >= 0.3 is 11.9 Å². The number of hydrogen-bond acceptors (Lipinski definition) is 10. The summed E-state index contributed by atoms with van der Waals surface area (Å²) in [4.78, 5) is 43.3. The van der Waals surface area contributed by atoms with Crippen LogP contribution in [0.5, 0.6) is 11.8 Å². The molecule has 1 atom stereocenters. The highest BCUT2D eigenvalue weighted by Crippen LogP contribution is 2.36. The van der Waals surface area contributed by atoms with Crippen LogP contribution in [0.15, 0.2) is 149 Å². The Balaban J connectivity index is 0.000000178. The van der Waals surface area contributed by atoms with Gasteiger partial charge < -0.3 is 18.3 Å². The van der Waals surface area contributed by atoms with E-state index in [1.54, 1.807) is 12.3 Å². The first-order valence-electron chi connectivity index (χ1n) is 23.8. The summed E-state index contributed by atoms with van der Waals surface area (Å²) in [5, 5.41) is 0. The number of carbonyl (C=O) groups excluding carboxylic acids is 2. The molecule has 0 saturated heterocycles. The SMILES string of the molecule is CCc1oc(Cc2nc3c(C(F)c4ccccc4F)nc(-c4ccccc4)cn3c2OC(C)=O)cc1C.CCc1oc(Cc2nc3c(Cc4ccccc4)nc(-c4ccccc4)cn3c2OC(C)=O)cc1C. The summed E-state index contributed by atoms with van der Waals surface area (Å²) in [5.41, 5.74) is 8.49. The topological polar surface area (TPSA) is 139 Å². The highest BCUT2D eigenvalue weighted by molar-refractivity contribution is 5.72. The predicted molar refractivity (Wildman–Crippen MR) is 269 cm³/mol. The lowest BCUT2D eigenvalue weighted by molar-refractivity contribution is -0.133. The Morgan fingerprint density at radius 3 is 1.53 bits per heavy atom. The third-order valence-electron chi connectivity index (χ3n) is 12.1. The zero-order valence-corrected chi connectivity index (χ0v) is 40.8. The minimum absolute atomic E-state index is 0.0871. The molecule has 0 aliphatic rings. The van der Waals surface area contributed by atoms with Crippen LogP contribution in [0.2, 0.25) is 0 Å². The zero-order chi connectivity index (χ0) is 50.5. The number of aryl methyl sites for hydroxylation is 4. The summed E-state index contributed by atoms with van der Waals surface area (Å²) in [6.45, 7) is 10.7. The second kappa shape index (κ2) is 21.2. The Morgan fingerprint density at radius 1 is 0.583 bits per heavy atom. The smallest absolute Gasteiger partial charge is 0.309 e. The number of hydrogen-bond donors (Lipinski definition) is 0. The van der Waals surface area contributed by atoms with Crippen molar-refractivity contribution in [3.05, 3.63) is 214 Å². The van der Waals surface area contributed by atoms with Crippen molar-refractivity contribution in [1.82, 2.24) is 28.7 Å². The molecule has 0 N–H and O–H groups in total. The quantitative estimate of drug-likeness (QED) is 0.0968. The molecule has 0 saturated carbocycles. The van der Waals surface area contributed by atoms with Gasteiger partial charge in [-0.25, -0.2) is 28.7 Å². The van der Waals surface area contributed by atoms with Gasteiger partial charge in [0.2, 0.25) is 11.8 Å². The van der Waals surface area contributed by atoms with Crippen LogP contribution < -0.4 is 9.47 Å². The van der Waals surface area contributed by atoms with E-state index >= 15 is 4.39 Å². The number of halogens is 2. The van der Waals surface area contributed by atoms with Crippen LogP contribution in [0, 0.1) is 19.7 Å². The number of esters is 2. The monoisotopic (exact) mass is 966 g/mol. The lowest BCUT2D eigenvalue weighted by Gasteiger charge is -2.13. The molecule has 0 amide bonds. The number of nitrogens with zero attached hydrogens (tertiary/aromatic N) is 6. The van der Waals surface area contributed by atoms with Gasteiger partial charge in [-0.2, -0.15) is 0 Å². The fraction of sp³-hybridized carbons (Fsp3) is 0.207. The fourth-order valence-corrected chi connectivity index (χ4v) is 8.74. The minimum atomic E-state index is -1.91.